The van der Waals surface area contributed by atoms with E-state index in [2.05, 4.69) is 35.4 Å². The second-order valence-corrected chi connectivity index (χ2v) is 6.71. The monoisotopic (exact) mass is 368 g/mol. The molecule has 0 aliphatic rings. The van der Waals surface area contributed by atoms with Crippen LogP contribution in [-0.2, 0) is 13.0 Å². The Balaban J connectivity index is 1.93. The highest BCUT2D eigenvalue weighted by Gasteiger charge is 2.18. The Labute approximate surface area is 163 Å². The Kier molecular flexibility index (Phi) is 4.77. The van der Waals surface area contributed by atoms with Crippen LogP contribution >= 0.6 is 0 Å². The van der Waals surface area contributed by atoms with Gasteiger partial charge in [0, 0.05) is 47.3 Å². The van der Waals surface area contributed by atoms with E-state index in [4.69, 9.17) is 0 Å². The molecule has 4 nitrogen and oxygen atoms in total. The number of benzene rings is 3. The SMILES string of the molecule is C=CCc1c(-c2ccc([N+](=O)[O-])cc2)c2ccccc2n1Cc1ccccc1. The summed E-state index contributed by atoms with van der Waals surface area (Å²) in [4.78, 5) is 10.7. The predicted molar refractivity (Wildman–Crippen MR) is 113 cm³/mol. The van der Waals surface area contributed by atoms with Gasteiger partial charge < -0.3 is 4.57 Å². The van der Waals surface area contributed by atoms with Crippen LogP contribution in [0.4, 0.5) is 5.69 Å². The summed E-state index contributed by atoms with van der Waals surface area (Å²) in [7, 11) is 0. The van der Waals surface area contributed by atoms with Gasteiger partial charge in [-0.15, -0.1) is 6.58 Å². The Morgan fingerprint density at radius 3 is 2.29 bits per heavy atom. The van der Waals surface area contributed by atoms with Gasteiger partial charge in [0.15, 0.2) is 0 Å². The van der Waals surface area contributed by atoms with Gasteiger partial charge in [-0.1, -0.05) is 54.6 Å². The van der Waals surface area contributed by atoms with Crippen LogP contribution in [0.5, 0.6) is 0 Å². The molecule has 0 radical (unpaired) electrons. The van der Waals surface area contributed by atoms with E-state index in [-0.39, 0.29) is 10.6 Å². The zero-order valence-electron chi connectivity index (χ0n) is 15.4. The fraction of sp³-hybridized carbons (Fsp3) is 0.0833. The number of hydrogen-bond donors (Lipinski definition) is 0. The molecule has 0 fully saturated rings. The topological polar surface area (TPSA) is 48.1 Å². The number of nitro benzene ring substituents is 1. The molecule has 0 aliphatic carbocycles. The maximum absolute atomic E-state index is 11.0. The first-order chi connectivity index (χ1) is 13.7. The molecule has 3 aromatic carbocycles. The maximum Gasteiger partial charge on any atom is 0.269 e. The van der Waals surface area contributed by atoms with E-state index in [1.54, 1.807) is 12.1 Å². The summed E-state index contributed by atoms with van der Waals surface area (Å²) >= 11 is 0. The van der Waals surface area contributed by atoms with Crippen molar-refractivity contribution in [1.82, 2.24) is 4.57 Å². The van der Waals surface area contributed by atoms with Gasteiger partial charge in [-0.05, 0) is 29.3 Å². The molecule has 0 unspecified atom stereocenters. The molecule has 4 heteroatoms. The average Bonchev–Trinajstić information content (AvgIpc) is 3.02. The molecular weight excluding hydrogens is 348 g/mol. The summed E-state index contributed by atoms with van der Waals surface area (Å²) in [5.74, 6) is 0. The lowest BCUT2D eigenvalue weighted by molar-refractivity contribution is -0.384. The van der Waals surface area contributed by atoms with Crippen LogP contribution in [0.15, 0.2) is 91.5 Å². The fourth-order valence-corrected chi connectivity index (χ4v) is 3.72. The molecule has 0 saturated heterocycles. The van der Waals surface area contributed by atoms with Gasteiger partial charge in [-0.3, -0.25) is 10.1 Å². The Morgan fingerprint density at radius 2 is 1.61 bits per heavy atom. The van der Waals surface area contributed by atoms with Crippen molar-refractivity contribution in [2.45, 2.75) is 13.0 Å². The number of nitrogens with zero attached hydrogens (tertiary/aromatic N) is 2. The number of non-ortho nitro benzene ring substituents is 1. The lowest BCUT2D eigenvalue weighted by Gasteiger charge is -2.11. The third kappa shape index (κ3) is 3.21. The highest BCUT2D eigenvalue weighted by atomic mass is 16.6. The number of aromatic nitrogens is 1. The fourth-order valence-electron chi connectivity index (χ4n) is 3.72. The van der Waals surface area contributed by atoms with E-state index in [0.29, 0.717) is 6.42 Å². The molecule has 0 bridgehead atoms. The first-order valence-electron chi connectivity index (χ1n) is 9.19. The molecule has 0 atom stereocenters. The van der Waals surface area contributed by atoms with Crippen molar-refractivity contribution >= 4 is 16.6 Å². The second kappa shape index (κ2) is 7.53. The zero-order chi connectivity index (χ0) is 19.5. The van der Waals surface area contributed by atoms with Crippen LogP contribution < -0.4 is 0 Å². The summed E-state index contributed by atoms with van der Waals surface area (Å²) in [6, 6.07) is 25.5. The van der Waals surface area contributed by atoms with Gasteiger partial charge in [0.2, 0.25) is 0 Å². The van der Waals surface area contributed by atoms with Crippen molar-refractivity contribution in [1.29, 1.82) is 0 Å². The average molecular weight is 368 g/mol. The molecular formula is C24H20N2O2. The third-order valence-corrected chi connectivity index (χ3v) is 4.97. The molecule has 0 aliphatic heterocycles. The van der Waals surface area contributed by atoms with E-state index >= 15 is 0 Å². The summed E-state index contributed by atoms with van der Waals surface area (Å²) < 4.78 is 2.32. The van der Waals surface area contributed by atoms with Crippen molar-refractivity contribution in [3.8, 4) is 11.1 Å². The van der Waals surface area contributed by atoms with E-state index in [9.17, 15) is 10.1 Å². The largest absolute Gasteiger partial charge is 0.339 e. The third-order valence-electron chi connectivity index (χ3n) is 4.97. The van der Waals surface area contributed by atoms with Crippen LogP contribution in [-0.4, -0.2) is 9.49 Å². The second-order valence-electron chi connectivity index (χ2n) is 6.71. The molecule has 4 rings (SSSR count). The van der Waals surface area contributed by atoms with Crippen molar-refractivity contribution in [2.75, 3.05) is 0 Å². The standard InChI is InChI=1S/C24H20N2O2/c1-2-8-23-24(19-13-15-20(16-14-19)26(27)28)21-11-6-7-12-22(21)25(23)17-18-9-4-3-5-10-18/h2-7,9-16H,1,8,17H2. The van der Waals surface area contributed by atoms with Gasteiger partial charge in [-0.25, -0.2) is 0 Å². The first kappa shape index (κ1) is 17.7. The number of allylic oxidation sites excluding steroid dienone is 1. The lowest BCUT2D eigenvalue weighted by Crippen LogP contribution is -2.04. The molecule has 0 N–H and O–H groups in total. The number of hydrogen-bond acceptors (Lipinski definition) is 2. The summed E-state index contributed by atoms with van der Waals surface area (Å²) in [6.45, 7) is 4.71. The summed E-state index contributed by atoms with van der Waals surface area (Å²) in [5.41, 5.74) is 5.73. The lowest BCUT2D eigenvalue weighted by atomic mass is 10.0. The van der Waals surface area contributed by atoms with Gasteiger partial charge in [0.05, 0.1) is 4.92 Å². The molecule has 0 spiro atoms. The highest BCUT2D eigenvalue weighted by Crippen LogP contribution is 2.36. The van der Waals surface area contributed by atoms with E-state index < -0.39 is 0 Å². The highest BCUT2D eigenvalue weighted by molar-refractivity contribution is 5.98. The van der Waals surface area contributed by atoms with Gasteiger partial charge >= 0.3 is 0 Å². The molecule has 138 valence electrons. The quantitative estimate of drug-likeness (QED) is 0.238. The van der Waals surface area contributed by atoms with Crippen LogP contribution in [0.1, 0.15) is 11.3 Å². The first-order valence-corrected chi connectivity index (χ1v) is 9.19. The molecule has 0 amide bonds. The van der Waals surface area contributed by atoms with E-state index in [1.165, 1.54) is 5.56 Å². The van der Waals surface area contributed by atoms with Gasteiger partial charge in [-0.2, -0.15) is 0 Å². The smallest absolute Gasteiger partial charge is 0.269 e. The summed E-state index contributed by atoms with van der Waals surface area (Å²) in [6.07, 6.45) is 2.62. The van der Waals surface area contributed by atoms with Crippen molar-refractivity contribution in [3.63, 3.8) is 0 Å². The maximum atomic E-state index is 11.0. The number of para-hydroxylation sites is 1. The van der Waals surface area contributed by atoms with Crippen molar-refractivity contribution in [3.05, 3.63) is 113 Å². The Bertz CT molecular complexity index is 1140. The van der Waals surface area contributed by atoms with Crippen LogP contribution in [0.3, 0.4) is 0 Å². The van der Waals surface area contributed by atoms with Gasteiger partial charge in [0.25, 0.3) is 5.69 Å². The van der Waals surface area contributed by atoms with Crippen molar-refractivity contribution < 1.29 is 4.92 Å². The molecule has 1 heterocycles. The normalized spacial score (nSPS) is 10.9. The van der Waals surface area contributed by atoms with Gasteiger partial charge in [0.1, 0.15) is 0 Å². The van der Waals surface area contributed by atoms with Crippen LogP contribution in [0.25, 0.3) is 22.0 Å². The molecule has 28 heavy (non-hydrogen) atoms. The van der Waals surface area contributed by atoms with E-state index in [1.807, 2.05) is 48.5 Å². The van der Waals surface area contributed by atoms with Crippen LogP contribution in [0.2, 0.25) is 0 Å². The minimum absolute atomic E-state index is 0.0991. The Morgan fingerprint density at radius 1 is 0.929 bits per heavy atom. The molecule has 4 aromatic rings. The number of nitro groups is 1. The van der Waals surface area contributed by atoms with E-state index in [0.717, 1.165) is 34.3 Å². The number of fused-ring (bicyclic) bond motifs is 1. The van der Waals surface area contributed by atoms with Crippen molar-refractivity contribution in [2.24, 2.45) is 0 Å². The van der Waals surface area contributed by atoms with Crippen LogP contribution in [0, 0.1) is 10.1 Å². The summed E-state index contributed by atoms with van der Waals surface area (Å²) in [5, 5.41) is 12.2. The molecule has 0 saturated carbocycles. The minimum atomic E-state index is -0.368. The Hall–Kier alpha value is -3.66. The predicted octanol–water partition coefficient (Wildman–Crippen LogP) is 5.99. The number of rotatable bonds is 6. The molecule has 1 aromatic heterocycles. The minimum Gasteiger partial charge on any atom is -0.339 e. The zero-order valence-corrected chi connectivity index (χ0v) is 15.4.